The molecule has 0 aliphatic heterocycles. The minimum Gasteiger partial charge on any atom is -0.452 e. The average molecular weight is 357 g/mol. The van der Waals surface area contributed by atoms with Crippen molar-refractivity contribution in [2.24, 2.45) is 0 Å². The molecule has 0 bridgehead atoms. The number of rotatable bonds is 5. The van der Waals surface area contributed by atoms with E-state index in [0.29, 0.717) is 15.1 Å². The fraction of sp³-hybridized carbons (Fsp3) is 0.0714. The van der Waals surface area contributed by atoms with E-state index >= 15 is 0 Å². The summed E-state index contributed by atoms with van der Waals surface area (Å²) in [5.74, 6) is -1.18. The molecule has 0 fully saturated rings. The lowest BCUT2D eigenvalue weighted by Gasteiger charge is -2.08. The molecule has 1 N–H and O–H groups in total. The van der Waals surface area contributed by atoms with Gasteiger partial charge < -0.3 is 10.1 Å². The molecule has 0 unspecified atom stereocenters. The Bertz CT molecular complexity index is 682. The fourth-order valence-electron chi connectivity index (χ4n) is 1.43. The topological polar surface area (TPSA) is 68.3 Å². The number of carbonyl (C=O) groups excluding carboxylic acids is 2. The minimum atomic E-state index is -0.643. The quantitative estimate of drug-likeness (QED) is 0.655. The molecule has 5 nitrogen and oxygen atoms in total. The van der Waals surface area contributed by atoms with Gasteiger partial charge in [0.1, 0.15) is 5.01 Å². The van der Waals surface area contributed by atoms with Crippen LogP contribution in [-0.2, 0) is 14.3 Å². The van der Waals surface area contributed by atoms with Gasteiger partial charge in [0.15, 0.2) is 6.61 Å². The number of carbonyl (C=O) groups is 2. The number of halogens is 2. The van der Waals surface area contributed by atoms with Crippen molar-refractivity contribution in [2.75, 3.05) is 11.9 Å². The van der Waals surface area contributed by atoms with Crippen LogP contribution in [0.5, 0.6) is 0 Å². The molecular weight excluding hydrogens is 347 g/mol. The van der Waals surface area contributed by atoms with Gasteiger partial charge in [-0.05, 0) is 18.2 Å². The number of esters is 1. The van der Waals surface area contributed by atoms with E-state index in [-0.39, 0.29) is 5.69 Å². The number of aromatic nitrogens is 1. The van der Waals surface area contributed by atoms with Crippen molar-refractivity contribution in [2.45, 2.75) is 0 Å². The van der Waals surface area contributed by atoms with E-state index in [2.05, 4.69) is 10.3 Å². The Kier molecular flexibility index (Phi) is 5.94. The zero-order valence-electron chi connectivity index (χ0n) is 11.1. The fourth-order valence-corrected chi connectivity index (χ4v) is 2.46. The number of nitrogens with zero attached hydrogens (tertiary/aromatic N) is 1. The van der Waals surface area contributed by atoms with Crippen molar-refractivity contribution in [3.63, 3.8) is 0 Å². The molecule has 0 atom stereocenters. The molecule has 0 aliphatic rings. The number of anilines is 1. The highest BCUT2D eigenvalue weighted by molar-refractivity contribution is 7.10. The van der Waals surface area contributed by atoms with Crippen LogP contribution in [0.1, 0.15) is 5.01 Å². The Morgan fingerprint density at radius 1 is 1.32 bits per heavy atom. The summed E-state index contributed by atoms with van der Waals surface area (Å²) in [6.07, 6.45) is 4.33. The molecule has 22 heavy (non-hydrogen) atoms. The predicted molar refractivity (Wildman–Crippen MR) is 87.2 cm³/mol. The van der Waals surface area contributed by atoms with Crippen LogP contribution in [0.2, 0.25) is 10.0 Å². The van der Waals surface area contributed by atoms with Gasteiger partial charge in [0.25, 0.3) is 5.91 Å². The second-order valence-electron chi connectivity index (χ2n) is 3.96. The third kappa shape index (κ3) is 4.84. The van der Waals surface area contributed by atoms with Crippen molar-refractivity contribution in [1.29, 1.82) is 0 Å². The van der Waals surface area contributed by atoms with Crippen LogP contribution >= 0.6 is 34.5 Å². The van der Waals surface area contributed by atoms with Gasteiger partial charge in [-0.1, -0.05) is 29.3 Å². The van der Waals surface area contributed by atoms with E-state index in [9.17, 15) is 9.59 Å². The number of para-hydroxylation sites is 1. The number of nitrogens with one attached hydrogen (secondary N) is 1. The number of hydrogen-bond donors (Lipinski definition) is 1. The lowest BCUT2D eigenvalue weighted by atomic mass is 10.3. The molecule has 1 heterocycles. The summed E-state index contributed by atoms with van der Waals surface area (Å²) in [4.78, 5) is 27.2. The molecule has 114 valence electrons. The summed E-state index contributed by atoms with van der Waals surface area (Å²) in [6, 6.07) is 4.83. The lowest BCUT2D eigenvalue weighted by molar-refractivity contribution is -0.142. The highest BCUT2D eigenvalue weighted by Crippen LogP contribution is 2.29. The molecule has 0 spiro atoms. The third-order valence-electron chi connectivity index (χ3n) is 2.39. The van der Waals surface area contributed by atoms with Gasteiger partial charge in [-0.25, -0.2) is 9.78 Å². The number of hydrogen-bond acceptors (Lipinski definition) is 5. The zero-order chi connectivity index (χ0) is 15.9. The zero-order valence-corrected chi connectivity index (χ0v) is 13.4. The molecule has 1 aromatic heterocycles. The standard InChI is InChI=1S/C14H10Cl2N2O3S/c15-9-2-1-3-10(16)14(9)18-11(19)8-21-13(20)5-4-12-17-6-7-22-12/h1-7H,8H2,(H,18,19). The molecule has 2 aromatic rings. The lowest BCUT2D eigenvalue weighted by Crippen LogP contribution is -2.20. The van der Waals surface area contributed by atoms with E-state index in [1.54, 1.807) is 29.8 Å². The van der Waals surface area contributed by atoms with Gasteiger partial charge >= 0.3 is 5.97 Å². The van der Waals surface area contributed by atoms with E-state index in [1.807, 2.05) is 0 Å². The van der Waals surface area contributed by atoms with Crippen LogP contribution < -0.4 is 5.32 Å². The van der Waals surface area contributed by atoms with Crippen LogP contribution in [0.25, 0.3) is 6.08 Å². The summed E-state index contributed by atoms with van der Waals surface area (Å²) in [5.41, 5.74) is 0.283. The molecule has 1 amide bonds. The maximum absolute atomic E-state index is 11.7. The van der Waals surface area contributed by atoms with E-state index in [1.165, 1.54) is 23.5 Å². The molecule has 8 heteroatoms. The Morgan fingerprint density at radius 2 is 2.05 bits per heavy atom. The second kappa shape index (κ2) is 7.93. The highest BCUT2D eigenvalue weighted by Gasteiger charge is 2.11. The summed E-state index contributed by atoms with van der Waals surface area (Å²) < 4.78 is 4.81. The summed E-state index contributed by atoms with van der Waals surface area (Å²) >= 11 is 13.2. The molecule has 0 saturated heterocycles. The molecule has 0 saturated carbocycles. The van der Waals surface area contributed by atoms with E-state index in [0.717, 1.165) is 0 Å². The Labute approximate surface area is 140 Å². The van der Waals surface area contributed by atoms with Crippen LogP contribution in [-0.4, -0.2) is 23.5 Å². The van der Waals surface area contributed by atoms with Crippen molar-refractivity contribution in [1.82, 2.24) is 4.98 Å². The van der Waals surface area contributed by atoms with Gasteiger partial charge in [-0.3, -0.25) is 4.79 Å². The number of amides is 1. The first-order chi connectivity index (χ1) is 10.6. The Balaban J connectivity index is 1.84. The van der Waals surface area contributed by atoms with Gasteiger partial charge in [0.05, 0.1) is 15.7 Å². The second-order valence-corrected chi connectivity index (χ2v) is 5.70. The maximum Gasteiger partial charge on any atom is 0.331 e. The first-order valence-electron chi connectivity index (χ1n) is 6.04. The number of thiazole rings is 1. The van der Waals surface area contributed by atoms with E-state index in [4.69, 9.17) is 27.9 Å². The van der Waals surface area contributed by atoms with Crippen LogP contribution in [0, 0.1) is 0 Å². The predicted octanol–water partition coefficient (Wildman–Crippen LogP) is 3.65. The molecule has 0 aliphatic carbocycles. The first kappa shape index (κ1) is 16.5. The largest absolute Gasteiger partial charge is 0.452 e. The third-order valence-corrected chi connectivity index (χ3v) is 3.76. The summed E-state index contributed by atoms with van der Waals surface area (Å²) in [5, 5.41) is 5.55. The normalized spacial score (nSPS) is 10.6. The number of ether oxygens (including phenoxy) is 1. The summed E-state index contributed by atoms with van der Waals surface area (Å²) in [6.45, 7) is -0.442. The van der Waals surface area contributed by atoms with Crippen LogP contribution in [0.4, 0.5) is 5.69 Å². The van der Waals surface area contributed by atoms with Gasteiger partial charge in [0.2, 0.25) is 0 Å². The Hall–Kier alpha value is -1.89. The smallest absolute Gasteiger partial charge is 0.331 e. The highest BCUT2D eigenvalue weighted by atomic mass is 35.5. The van der Waals surface area contributed by atoms with Crippen LogP contribution in [0.3, 0.4) is 0 Å². The van der Waals surface area contributed by atoms with Crippen LogP contribution in [0.15, 0.2) is 35.9 Å². The van der Waals surface area contributed by atoms with Gasteiger partial charge in [0, 0.05) is 17.7 Å². The van der Waals surface area contributed by atoms with Gasteiger partial charge in [-0.15, -0.1) is 11.3 Å². The maximum atomic E-state index is 11.7. The SMILES string of the molecule is O=C(COC(=O)C=Cc1nccs1)Nc1c(Cl)cccc1Cl. The van der Waals surface area contributed by atoms with Crippen molar-refractivity contribution in [3.05, 3.63) is 50.9 Å². The average Bonchev–Trinajstić information content (AvgIpc) is 3.00. The van der Waals surface area contributed by atoms with Crippen molar-refractivity contribution < 1.29 is 14.3 Å². The summed E-state index contributed by atoms with van der Waals surface area (Å²) in [7, 11) is 0. The molecular formula is C14H10Cl2N2O3S. The molecule has 1 aromatic carbocycles. The number of benzene rings is 1. The van der Waals surface area contributed by atoms with Gasteiger partial charge in [-0.2, -0.15) is 0 Å². The van der Waals surface area contributed by atoms with Crippen molar-refractivity contribution >= 4 is 58.2 Å². The minimum absolute atomic E-state index is 0.283. The van der Waals surface area contributed by atoms with E-state index < -0.39 is 18.5 Å². The molecule has 0 radical (unpaired) electrons. The Morgan fingerprint density at radius 3 is 2.68 bits per heavy atom. The monoisotopic (exact) mass is 356 g/mol. The first-order valence-corrected chi connectivity index (χ1v) is 7.68. The van der Waals surface area contributed by atoms with Crippen molar-refractivity contribution in [3.8, 4) is 0 Å². The molecule has 2 rings (SSSR count).